The Bertz CT molecular complexity index is 1590. The van der Waals surface area contributed by atoms with Gasteiger partial charge in [-0.25, -0.2) is 9.59 Å². The van der Waals surface area contributed by atoms with E-state index in [1.54, 1.807) is 48.5 Å². The first kappa shape index (κ1) is 36.1. The Hall–Kier alpha value is -5.24. The Labute approximate surface area is 293 Å². The van der Waals surface area contributed by atoms with Crippen molar-refractivity contribution in [2.45, 2.75) is 65.2 Å². The molecule has 1 aliphatic carbocycles. The summed E-state index contributed by atoms with van der Waals surface area (Å²) in [5.74, 6) is -0.902. The Kier molecular flexibility index (Phi) is 12.9. The summed E-state index contributed by atoms with van der Waals surface area (Å²) >= 11 is 0. The molecule has 0 radical (unpaired) electrons. The van der Waals surface area contributed by atoms with E-state index in [0.717, 1.165) is 47.9 Å². The Morgan fingerprint density at radius 1 is 0.480 bits per heavy atom. The number of carbonyl (C=O) groups is 4. The number of unbranched alkanes of at least 4 members (excludes halogenated alkanes) is 2. The summed E-state index contributed by atoms with van der Waals surface area (Å²) in [7, 11) is 0. The molecule has 4 aromatic carbocycles. The molecule has 0 spiro atoms. The lowest BCUT2D eigenvalue weighted by molar-refractivity contribution is -0.145. The highest BCUT2D eigenvalue weighted by atomic mass is 16.5. The second kappa shape index (κ2) is 18.0. The predicted molar refractivity (Wildman–Crippen MR) is 191 cm³/mol. The smallest absolute Gasteiger partial charge is 0.338 e. The lowest BCUT2D eigenvalue weighted by Crippen LogP contribution is -2.30. The number of benzene rings is 4. The van der Waals surface area contributed by atoms with Gasteiger partial charge in [0.2, 0.25) is 0 Å². The second-order valence-corrected chi connectivity index (χ2v) is 12.6. The Balaban J connectivity index is 1.05. The zero-order valence-electron chi connectivity index (χ0n) is 28.7. The first-order valence-electron chi connectivity index (χ1n) is 17.5. The van der Waals surface area contributed by atoms with Gasteiger partial charge in [0.15, 0.2) is 0 Å². The van der Waals surface area contributed by atoms with Gasteiger partial charge in [-0.05, 0) is 109 Å². The van der Waals surface area contributed by atoms with Crippen LogP contribution in [0.3, 0.4) is 0 Å². The maximum Gasteiger partial charge on any atom is 0.338 e. The van der Waals surface area contributed by atoms with Gasteiger partial charge in [0.25, 0.3) is 0 Å². The van der Waals surface area contributed by atoms with Gasteiger partial charge in [-0.2, -0.15) is 0 Å². The van der Waals surface area contributed by atoms with Crippen LogP contribution >= 0.6 is 0 Å². The molecule has 4 aromatic rings. The lowest BCUT2D eigenvalue weighted by atomic mass is 9.82. The van der Waals surface area contributed by atoms with Crippen molar-refractivity contribution in [3.05, 3.63) is 108 Å². The molecule has 0 bridgehead atoms. The number of rotatable bonds is 14. The van der Waals surface area contributed by atoms with Crippen molar-refractivity contribution in [1.29, 1.82) is 0 Å². The SMILES string of the molecule is CCCCOC(=O)c1ccc(-c2ccc(OC(=O)[C@H]3CC[C@H](C(=O)Oc4ccc(-c5ccc(C(=O)OCCCC)cc5)cc4)CC3)cc2)cc1. The molecule has 0 heterocycles. The largest absolute Gasteiger partial charge is 0.462 e. The van der Waals surface area contributed by atoms with E-state index < -0.39 is 0 Å². The Morgan fingerprint density at radius 3 is 1.08 bits per heavy atom. The monoisotopic (exact) mass is 676 g/mol. The molecule has 0 saturated heterocycles. The highest BCUT2D eigenvalue weighted by Crippen LogP contribution is 2.32. The highest BCUT2D eigenvalue weighted by Gasteiger charge is 2.32. The average Bonchev–Trinajstić information content (AvgIpc) is 3.16. The Morgan fingerprint density at radius 2 is 0.780 bits per heavy atom. The molecule has 0 unspecified atom stereocenters. The number of ether oxygens (including phenoxy) is 4. The molecule has 50 heavy (non-hydrogen) atoms. The minimum absolute atomic E-state index is 0.285. The van der Waals surface area contributed by atoms with E-state index in [4.69, 9.17) is 18.9 Å². The summed E-state index contributed by atoms with van der Waals surface area (Å²) in [6.07, 6.45) is 5.80. The molecule has 1 saturated carbocycles. The van der Waals surface area contributed by atoms with Crippen LogP contribution in [0.25, 0.3) is 22.3 Å². The number of carbonyl (C=O) groups excluding carboxylic acids is 4. The summed E-state index contributed by atoms with van der Waals surface area (Å²) in [5.41, 5.74) is 4.74. The molecule has 0 aromatic heterocycles. The maximum atomic E-state index is 12.9. The highest BCUT2D eigenvalue weighted by molar-refractivity contribution is 5.90. The van der Waals surface area contributed by atoms with Crippen LogP contribution in [0.5, 0.6) is 11.5 Å². The first-order valence-corrected chi connectivity index (χ1v) is 17.5. The van der Waals surface area contributed by atoms with E-state index in [1.807, 2.05) is 62.4 Å². The number of hydrogen-bond acceptors (Lipinski definition) is 8. The van der Waals surface area contributed by atoms with Crippen LogP contribution in [0.2, 0.25) is 0 Å². The van der Waals surface area contributed by atoms with E-state index >= 15 is 0 Å². The lowest BCUT2D eigenvalue weighted by Gasteiger charge is -2.25. The van der Waals surface area contributed by atoms with E-state index in [1.165, 1.54) is 0 Å². The quantitative estimate of drug-likeness (QED) is 0.0740. The second-order valence-electron chi connectivity index (χ2n) is 12.6. The molecule has 260 valence electrons. The van der Waals surface area contributed by atoms with Crippen LogP contribution in [0, 0.1) is 11.8 Å². The van der Waals surface area contributed by atoms with Gasteiger partial charge in [0.05, 0.1) is 36.2 Å². The third kappa shape index (κ3) is 9.91. The van der Waals surface area contributed by atoms with E-state index in [0.29, 0.717) is 61.5 Å². The van der Waals surface area contributed by atoms with Gasteiger partial charge < -0.3 is 18.9 Å². The molecule has 0 aliphatic heterocycles. The fraction of sp³-hybridized carbons (Fsp3) is 0.333. The molecule has 0 N–H and O–H groups in total. The summed E-state index contributed by atoms with van der Waals surface area (Å²) in [4.78, 5) is 50.2. The van der Waals surface area contributed by atoms with Gasteiger partial charge in [-0.1, -0.05) is 75.2 Å². The van der Waals surface area contributed by atoms with Crippen molar-refractivity contribution in [2.75, 3.05) is 13.2 Å². The third-order valence-electron chi connectivity index (χ3n) is 8.91. The van der Waals surface area contributed by atoms with Crippen molar-refractivity contribution in [3.63, 3.8) is 0 Å². The van der Waals surface area contributed by atoms with Crippen LogP contribution in [0.1, 0.15) is 85.9 Å². The zero-order chi connectivity index (χ0) is 35.3. The van der Waals surface area contributed by atoms with Gasteiger partial charge in [0, 0.05) is 0 Å². The van der Waals surface area contributed by atoms with Crippen molar-refractivity contribution in [2.24, 2.45) is 11.8 Å². The fourth-order valence-corrected chi connectivity index (χ4v) is 5.78. The topological polar surface area (TPSA) is 105 Å². The van der Waals surface area contributed by atoms with Crippen LogP contribution in [0.15, 0.2) is 97.1 Å². The van der Waals surface area contributed by atoms with Gasteiger partial charge in [-0.15, -0.1) is 0 Å². The van der Waals surface area contributed by atoms with E-state index in [9.17, 15) is 19.2 Å². The van der Waals surface area contributed by atoms with Gasteiger partial charge in [-0.3, -0.25) is 9.59 Å². The van der Waals surface area contributed by atoms with Gasteiger partial charge >= 0.3 is 23.9 Å². The van der Waals surface area contributed by atoms with E-state index in [-0.39, 0.29) is 35.7 Å². The summed E-state index contributed by atoms with van der Waals surface area (Å²) in [6.45, 7) is 4.93. The van der Waals surface area contributed by atoms with Crippen molar-refractivity contribution >= 4 is 23.9 Å². The summed E-state index contributed by atoms with van der Waals surface area (Å²) in [5, 5.41) is 0. The van der Waals surface area contributed by atoms with Crippen molar-refractivity contribution in [3.8, 4) is 33.8 Å². The number of esters is 4. The van der Waals surface area contributed by atoms with E-state index in [2.05, 4.69) is 0 Å². The molecular weight excluding hydrogens is 632 g/mol. The van der Waals surface area contributed by atoms with Crippen molar-refractivity contribution < 1.29 is 38.1 Å². The first-order chi connectivity index (χ1) is 24.3. The van der Waals surface area contributed by atoms with Crippen molar-refractivity contribution in [1.82, 2.24) is 0 Å². The fourth-order valence-electron chi connectivity index (χ4n) is 5.78. The minimum Gasteiger partial charge on any atom is -0.462 e. The zero-order valence-corrected chi connectivity index (χ0v) is 28.7. The number of hydrogen-bond donors (Lipinski definition) is 0. The summed E-state index contributed by atoms with van der Waals surface area (Å²) in [6, 6.07) is 29.0. The maximum absolute atomic E-state index is 12.9. The van der Waals surface area contributed by atoms with Crippen LogP contribution in [0.4, 0.5) is 0 Å². The molecule has 5 rings (SSSR count). The van der Waals surface area contributed by atoms with Crippen LogP contribution in [-0.4, -0.2) is 37.1 Å². The van der Waals surface area contributed by atoms with Crippen LogP contribution < -0.4 is 9.47 Å². The molecule has 8 nitrogen and oxygen atoms in total. The van der Waals surface area contributed by atoms with Gasteiger partial charge in [0.1, 0.15) is 11.5 Å². The minimum atomic E-state index is -0.327. The standard InChI is InChI=1S/C42H44O8/c1-3-5-27-47-39(43)33-11-7-29(8-12-33)31-19-23-37(24-20-31)49-41(45)35-15-17-36(18-16-35)42(46)50-38-25-21-32(22-26-38)30-9-13-34(14-10-30)40(44)48-28-6-4-2/h7-14,19-26,35-36H,3-6,15-18,27-28H2,1-2H3/t35-,36-. The molecule has 1 fully saturated rings. The predicted octanol–water partition coefficient (Wildman–Crippen LogP) is 9.25. The van der Waals surface area contributed by atoms with Crippen LogP contribution in [-0.2, 0) is 19.1 Å². The molecule has 0 atom stereocenters. The molecular formula is C42H44O8. The third-order valence-corrected chi connectivity index (χ3v) is 8.91. The molecule has 0 amide bonds. The molecule has 1 aliphatic rings. The average molecular weight is 677 g/mol. The molecule has 8 heteroatoms. The summed E-state index contributed by atoms with van der Waals surface area (Å²) < 4.78 is 21.9. The normalized spacial score (nSPS) is 15.5.